The van der Waals surface area contributed by atoms with E-state index in [4.69, 9.17) is 11.6 Å². The van der Waals surface area contributed by atoms with Gasteiger partial charge in [-0.3, -0.25) is 0 Å². The van der Waals surface area contributed by atoms with Crippen LogP contribution in [0.25, 0.3) is 0 Å². The molecule has 0 spiro atoms. The molecule has 0 aliphatic rings. The highest BCUT2D eigenvalue weighted by Crippen LogP contribution is 2.30. The van der Waals surface area contributed by atoms with Crippen LogP contribution < -0.4 is 0 Å². The summed E-state index contributed by atoms with van der Waals surface area (Å²) in [5.41, 5.74) is 1.68. The van der Waals surface area contributed by atoms with Crippen molar-refractivity contribution in [1.29, 1.82) is 0 Å². The van der Waals surface area contributed by atoms with Crippen LogP contribution in [-0.4, -0.2) is 11.5 Å². The summed E-state index contributed by atoms with van der Waals surface area (Å²) in [6.07, 6.45) is 0. The lowest BCUT2D eigenvalue weighted by Gasteiger charge is -2.29. The lowest BCUT2D eigenvalue weighted by Crippen LogP contribution is -2.24. The van der Waals surface area contributed by atoms with Crippen LogP contribution >= 0.6 is 36.0 Å². The molecule has 1 unspecified atom stereocenters. The van der Waals surface area contributed by atoms with Crippen LogP contribution in [-0.2, 0) is 5.75 Å². The van der Waals surface area contributed by atoms with E-state index in [9.17, 15) is 0 Å². The molecule has 0 heterocycles. The summed E-state index contributed by atoms with van der Waals surface area (Å²) in [5, 5.41) is 0.807. The van der Waals surface area contributed by atoms with E-state index in [-0.39, 0.29) is 0 Å². The monoisotopic (exact) mass is 288 g/mol. The molecular weight excluding hydrogens is 268 g/mol. The Labute approximate surface area is 120 Å². The fourth-order valence-corrected chi connectivity index (χ4v) is 3.90. The third-order valence-corrected chi connectivity index (χ3v) is 4.81. The second-order valence-electron chi connectivity index (χ2n) is 5.39. The Hall–Kier alpha value is 0.210. The second kappa shape index (κ2) is 6.96. The molecule has 0 nitrogen and oxygen atoms in total. The van der Waals surface area contributed by atoms with E-state index in [2.05, 4.69) is 45.5 Å². The maximum atomic E-state index is 5.86. The van der Waals surface area contributed by atoms with Gasteiger partial charge in [0.2, 0.25) is 0 Å². The summed E-state index contributed by atoms with van der Waals surface area (Å²) >= 11 is 12.3. The highest BCUT2D eigenvalue weighted by atomic mass is 35.5. The molecule has 1 atom stereocenters. The molecule has 0 aromatic heterocycles. The molecule has 0 saturated carbocycles. The van der Waals surface area contributed by atoms with Gasteiger partial charge in [0.05, 0.1) is 0 Å². The van der Waals surface area contributed by atoms with E-state index in [1.165, 1.54) is 5.56 Å². The molecule has 0 bridgehead atoms. The second-order valence-corrected chi connectivity index (χ2v) is 7.22. The molecule has 1 aromatic carbocycles. The van der Waals surface area contributed by atoms with E-state index in [0.717, 1.165) is 22.3 Å². The quantitative estimate of drug-likeness (QED) is 0.730. The Balaban J connectivity index is 2.39. The first-order valence-corrected chi connectivity index (χ1v) is 8.03. The molecule has 1 rings (SSSR count). The third-order valence-electron chi connectivity index (χ3n) is 2.95. The summed E-state index contributed by atoms with van der Waals surface area (Å²) in [6, 6.07) is 8.11. The zero-order valence-corrected chi connectivity index (χ0v) is 13.2. The molecule has 0 aliphatic carbocycles. The van der Waals surface area contributed by atoms with Crippen molar-refractivity contribution >= 4 is 36.0 Å². The molecule has 96 valence electrons. The van der Waals surface area contributed by atoms with Crippen LogP contribution in [0.1, 0.15) is 26.3 Å². The average molecular weight is 289 g/mol. The molecule has 0 amide bonds. The van der Waals surface area contributed by atoms with Crippen LogP contribution in [0.3, 0.4) is 0 Å². The van der Waals surface area contributed by atoms with Crippen LogP contribution in [0, 0.1) is 11.3 Å². The van der Waals surface area contributed by atoms with Crippen molar-refractivity contribution < 1.29 is 0 Å². The number of thioether (sulfide) groups is 1. The van der Waals surface area contributed by atoms with Gasteiger partial charge in [0.1, 0.15) is 0 Å². The SMILES string of the molecule is CC(C)(C)C(CS)CSCc1ccc(Cl)cc1. The van der Waals surface area contributed by atoms with Crippen molar-refractivity contribution in [3.05, 3.63) is 34.9 Å². The van der Waals surface area contributed by atoms with Gasteiger partial charge in [-0.2, -0.15) is 24.4 Å². The summed E-state index contributed by atoms with van der Waals surface area (Å²) in [7, 11) is 0. The average Bonchev–Trinajstić information content (AvgIpc) is 2.25. The lowest BCUT2D eigenvalue weighted by atomic mass is 9.83. The Morgan fingerprint density at radius 3 is 2.29 bits per heavy atom. The van der Waals surface area contributed by atoms with Crippen LogP contribution in [0.4, 0.5) is 0 Å². The van der Waals surface area contributed by atoms with Gasteiger partial charge >= 0.3 is 0 Å². The van der Waals surface area contributed by atoms with Gasteiger partial charge in [-0.15, -0.1) is 0 Å². The molecular formula is C14H21ClS2. The van der Waals surface area contributed by atoms with Crippen molar-refractivity contribution in [3.63, 3.8) is 0 Å². The van der Waals surface area contributed by atoms with E-state index >= 15 is 0 Å². The zero-order valence-electron chi connectivity index (χ0n) is 10.7. The van der Waals surface area contributed by atoms with Gasteiger partial charge in [0.25, 0.3) is 0 Å². The van der Waals surface area contributed by atoms with Gasteiger partial charge in [-0.05, 0) is 40.5 Å². The molecule has 0 N–H and O–H groups in total. The summed E-state index contributed by atoms with van der Waals surface area (Å²) in [5.74, 6) is 3.83. The minimum absolute atomic E-state index is 0.342. The van der Waals surface area contributed by atoms with E-state index < -0.39 is 0 Å². The summed E-state index contributed by atoms with van der Waals surface area (Å²) in [4.78, 5) is 0. The number of rotatable bonds is 5. The van der Waals surface area contributed by atoms with Gasteiger partial charge in [0, 0.05) is 10.8 Å². The van der Waals surface area contributed by atoms with Gasteiger partial charge in [-0.25, -0.2) is 0 Å². The first-order chi connectivity index (χ1) is 7.93. The number of benzene rings is 1. The molecule has 0 fully saturated rings. The number of thiol groups is 1. The van der Waals surface area contributed by atoms with Crippen LogP contribution in [0.5, 0.6) is 0 Å². The van der Waals surface area contributed by atoms with Crippen LogP contribution in [0.15, 0.2) is 24.3 Å². The van der Waals surface area contributed by atoms with Gasteiger partial charge in [0.15, 0.2) is 0 Å². The largest absolute Gasteiger partial charge is 0.179 e. The van der Waals surface area contributed by atoms with E-state index in [1.54, 1.807) is 0 Å². The molecule has 0 aliphatic heterocycles. The topological polar surface area (TPSA) is 0 Å². The third kappa shape index (κ3) is 5.58. The molecule has 3 heteroatoms. The standard InChI is InChI=1S/C14H21ClS2/c1-14(2,3)12(8-16)10-17-9-11-4-6-13(15)7-5-11/h4-7,12,16H,8-10H2,1-3H3. The highest BCUT2D eigenvalue weighted by molar-refractivity contribution is 7.98. The predicted molar refractivity (Wildman–Crippen MR) is 84.4 cm³/mol. The number of hydrogen-bond donors (Lipinski definition) is 1. The van der Waals surface area contributed by atoms with Crippen molar-refractivity contribution in [1.82, 2.24) is 0 Å². The molecule has 1 aromatic rings. The Kier molecular flexibility index (Phi) is 6.25. The van der Waals surface area contributed by atoms with Crippen molar-refractivity contribution in [2.24, 2.45) is 11.3 Å². The molecule has 0 radical (unpaired) electrons. The predicted octanol–water partition coefficient (Wildman–Crippen LogP) is 5.17. The summed E-state index contributed by atoms with van der Waals surface area (Å²) < 4.78 is 0. The van der Waals surface area contributed by atoms with Crippen molar-refractivity contribution in [3.8, 4) is 0 Å². The molecule has 17 heavy (non-hydrogen) atoms. The maximum Gasteiger partial charge on any atom is 0.0406 e. The van der Waals surface area contributed by atoms with E-state index in [1.807, 2.05) is 23.9 Å². The first-order valence-electron chi connectivity index (χ1n) is 5.86. The van der Waals surface area contributed by atoms with Crippen molar-refractivity contribution in [2.45, 2.75) is 26.5 Å². The highest BCUT2D eigenvalue weighted by Gasteiger charge is 2.22. The van der Waals surface area contributed by atoms with Crippen LogP contribution in [0.2, 0.25) is 5.02 Å². The minimum Gasteiger partial charge on any atom is -0.179 e. The first kappa shape index (κ1) is 15.3. The Morgan fingerprint density at radius 2 is 1.82 bits per heavy atom. The normalized spacial score (nSPS) is 13.7. The fourth-order valence-electron chi connectivity index (χ4n) is 1.48. The number of halogens is 1. The Bertz CT molecular complexity index is 327. The minimum atomic E-state index is 0.342. The zero-order chi connectivity index (χ0) is 12.9. The smallest absolute Gasteiger partial charge is 0.0406 e. The lowest BCUT2D eigenvalue weighted by molar-refractivity contribution is 0.294. The van der Waals surface area contributed by atoms with Gasteiger partial charge in [-0.1, -0.05) is 44.5 Å². The van der Waals surface area contributed by atoms with Crippen molar-refractivity contribution in [2.75, 3.05) is 11.5 Å². The van der Waals surface area contributed by atoms with E-state index in [0.29, 0.717) is 11.3 Å². The maximum absolute atomic E-state index is 5.86. The fraction of sp³-hybridized carbons (Fsp3) is 0.571. The Morgan fingerprint density at radius 1 is 1.24 bits per heavy atom. The number of hydrogen-bond acceptors (Lipinski definition) is 2. The van der Waals surface area contributed by atoms with Gasteiger partial charge < -0.3 is 0 Å². The summed E-state index contributed by atoms with van der Waals surface area (Å²) in [6.45, 7) is 6.87. The molecule has 0 saturated heterocycles.